The summed E-state index contributed by atoms with van der Waals surface area (Å²) in [5.41, 5.74) is 0. The van der Waals surface area contributed by atoms with Crippen LogP contribution in [0.25, 0.3) is 0 Å². The Morgan fingerprint density at radius 1 is 0.667 bits per heavy atom. The zero-order valence-electron chi connectivity index (χ0n) is 7.59. The van der Waals surface area contributed by atoms with Gasteiger partial charge in [-0.3, -0.25) is 0 Å². The van der Waals surface area contributed by atoms with Crippen molar-refractivity contribution in [3.63, 3.8) is 0 Å². The number of rotatable bonds is 9. The van der Waals surface area contributed by atoms with Gasteiger partial charge in [0.05, 0.1) is 0 Å². The fourth-order valence-corrected chi connectivity index (χ4v) is 3.35. The highest BCUT2D eigenvalue weighted by Gasteiger charge is 1.90. The van der Waals surface area contributed by atoms with E-state index in [0.29, 0.717) is 0 Å². The Labute approximate surface area is 90.0 Å². The van der Waals surface area contributed by atoms with E-state index in [0.717, 1.165) is 12.2 Å². The fourth-order valence-electron chi connectivity index (χ4n) is 0.644. The van der Waals surface area contributed by atoms with Gasteiger partial charge < -0.3 is 0 Å². The van der Waals surface area contributed by atoms with Gasteiger partial charge in [0.2, 0.25) is 0 Å². The fraction of sp³-hybridized carbons (Fsp3) is 0.778. The lowest BCUT2D eigenvalue weighted by atomic mass is 10.6. The third-order valence-corrected chi connectivity index (χ3v) is 4.53. The van der Waals surface area contributed by atoms with Crippen LogP contribution >= 0.6 is 35.3 Å². The summed E-state index contributed by atoms with van der Waals surface area (Å²) < 4.78 is 0. The molecule has 0 unspecified atom stereocenters. The molecule has 0 heterocycles. The SMILES string of the molecule is [CH2]CCSCCSCCSC[CH2]. The van der Waals surface area contributed by atoms with Gasteiger partial charge in [-0.25, -0.2) is 0 Å². The van der Waals surface area contributed by atoms with Crippen molar-refractivity contribution in [3.05, 3.63) is 13.8 Å². The van der Waals surface area contributed by atoms with Gasteiger partial charge in [0.25, 0.3) is 0 Å². The summed E-state index contributed by atoms with van der Waals surface area (Å²) in [5.74, 6) is 7.35. The standard InChI is InChI=1S/C9H18S3/c1-3-5-11-8-9-12-7-6-10-4-2/h1-9H2. The van der Waals surface area contributed by atoms with Gasteiger partial charge in [-0.15, -0.1) is 0 Å². The maximum absolute atomic E-state index is 3.81. The van der Waals surface area contributed by atoms with Crippen molar-refractivity contribution in [2.45, 2.75) is 6.42 Å². The zero-order valence-corrected chi connectivity index (χ0v) is 10.0. The lowest BCUT2D eigenvalue weighted by Gasteiger charge is -2.00. The average molecular weight is 222 g/mol. The van der Waals surface area contributed by atoms with Crippen LogP contribution in [-0.4, -0.2) is 34.5 Å². The zero-order chi connectivity index (χ0) is 9.07. The van der Waals surface area contributed by atoms with Gasteiger partial charge in [0.15, 0.2) is 0 Å². The van der Waals surface area contributed by atoms with Crippen LogP contribution in [0.4, 0.5) is 0 Å². The molecule has 0 aliphatic carbocycles. The Morgan fingerprint density at radius 2 is 1.17 bits per heavy atom. The van der Waals surface area contributed by atoms with Crippen molar-refractivity contribution >= 4 is 35.3 Å². The minimum absolute atomic E-state index is 1.01. The molecule has 3 heteroatoms. The van der Waals surface area contributed by atoms with E-state index in [4.69, 9.17) is 0 Å². The molecule has 72 valence electrons. The molecule has 0 nitrogen and oxygen atoms in total. The Balaban J connectivity index is 2.73. The molecule has 0 saturated carbocycles. The molecule has 0 aromatic heterocycles. The van der Waals surface area contributed by atoms with Crippen molar-refractivity contribution in [1.29, 1.82) is 0 Å². The lowest BCUT2D eigenvalue weighted by Crippen LogP contribution is -1.90. The van der Waals surface area contributed by atoms with E-state index in [1.807, 2.05) is 23.5 Å². The second-order valence-corrected chi connectivity index (χ2v) is 5.86. The van der Waals surface area contributed by atoms with Crippen LogP contribution < -0.4 is 0 Å². The topological polar surface area (TPSA) is 0 Å². The van der Waals surface area contributed by atoms with Crippen LogP contribution in [0.3, 0.4) is 0 Å². The first-order valence-electron chi connectivity index (χ1n) is 4.23. The van der Waals surface area contributed by atoms with Crippen molar-refractivity contribution in [1.82, 2.24) is 0 Å². The molecule has 0 N–H and O–H groups in total. The molecule has 12 heavy (non-hydrogen) atoms. The molecule has 0 aromatic carbocycles. The van der Waals surface area contributed by atoms with Gasteiger partial charge in [-0.2, -0.15) is 35.3 Å². The summed E-state index contributed by atoms with van der Waals surface area (Å²) in [6, 6.07) is 0. The molecular weight excluding hydrogens is 204 g/mol. The van der Waals surface area contributed by atoms with E-state index in [1.165, 1.54) is 28.8 Å². The molecule has 0 amide bonds. The quantitative estimate of drug-likeness (QED) is 0.550. The summed E-state index contributed by atoms with van der Waals surface area (Å²) in [5, 5.41) is 0. The third-order valence-electron chi connectivity index (χ3n) is 1.18. The Kier molecular flexibility index (Phi) is 13.1. The second kappa shape index (κ2) is 12.0. The molecule has 0 aliphatic rings. The van der Waals surface area contributed by atoms with Gasteiger partial charge in [0.1, 0.15) is 0 Å². The Bertz CT molecular complexity index is 66.2. The highest BCUT2D eigenvalue weighted by Crippen LogP contribution is 2.10. The number of hydrogen-bond donors (Lipinski definition) is 0. The molecule has 0 rings (SSSR count). The van der Waals surface area contributed by atoms with Crippen LogP contribution in [0.2, 0.25) is 0 Å². The number of thioether (sulfide) groups is 3. The molecule has 2 radical (unpaired) electrons. The maximum atomic E-state index is 3.81. The molecule has 0 fully saturated rings. The maximum Gasteiger partial charge on any atom is 0.00238 e. The average Bonchev–Trinajstić information content (AvgIpc) is 2.10. The predicted molar refractivity (Wildman–Crippen MR) is 67.3 cm³/mol. The first-order chi connectivity index (χ1) is 5.91. The van der Waals surface area contributed by atoms with Crippen LogP contribution in [0.15, 0.2) is 0 Å². The van der Waals surface area contributed by atoms with Gasteiger partial charge in [-0.05, 0) is 24.9 Å². The molecule has 0 aromatic rings. The molecule has 0 bridgehead atoms. The van der Waals surface area contributed by atoms with E-state index in [1.54, 1.807) is 0 Å². The normalized spacial score (nSPS) is 10.5. The molecule has 0 spiro atoms. The summed E-state index contributed by atoms with van der Waals surface area (Å²) >= 11 is 6.00. The molecular formula is C9H18S3. The molecule has 0 atom stereocenters. The molecule has 0 aliphatic heterocycles. The largest absolute Gasteiger partial charge is 0.161 e. The van der Waals surface area contributed by atoms with Crippen molar-refractivity contribution in [3.8, 4) is 0 Å². The second-order valence-electron chi connectivity index (χ2n) is 2.19. The van der Waals surface area contributed by atoms with Crippen LogP contribution in [0, 0.1) is 13.8 Å². The van der Waals surface area contributed by atoms with Gasteiger partial charge >= 0.3 is 0 Å². The highest BCUT2D eigenvalue weighted by atomic mass is 32.2. The van der Waals surface area contributed by atoms with Crippen molar-refractivity contribution < 1.29 is 0 Å². The van der Waals surface area contributed by atoms with E-state index in [2.05, 4.69) is 25.6 Å². The lowest BCUT2D eigenvalue weighted by molar-refractivity contribution is 1.24. The summed E-state index contributed by atoms with van der Waals surface area (Å²) in [6.07, 6.45) is 1.06. The smallest absolute Gasteiger partial charge is 0.00238 e. The summed E-state index contributed by atoms with van der Waals surface area (Å²) in [6.45, 7) is 7.59. The monoisotopic (exact) mass is 222 g/mol. The number of hydrogen-bond acceptors (Lipinski definition) is 3. The minimum atomic E-state index is 1.01. The van der Waals surface area contributed by atoms with E-state index in [9.17, 15) is 0 Å². The summed E-state index contributed by atoms with van der Waals surface area (Å²) in [4.78, 5) is 0. The minimum Gasteiger partial charge on any atom is -0.161 e. The Hall–Kier alpha value is 1.05. The summed E-state index contributed by atoms with van der Waals surface area (Å²) in [7, 11) is 0. The predicted octanol–water partition coefficient (Wildman–Crippen LogP) is 3.24. The van der Waals surface area contributed by atoms with Crippen LogP contribution in [-0.2, 0) is 0 Å². The Morgan fingerprint density at radius 3 is 1.67 bits per heavy atom. The first-order valence-corrected chi connectivity index (χ1v) is 7.70. The van der Waals surface area contributed by atoms with E-state index in [-0.39, 0.29) is 0 Å². The first kappa shape index (κ1) is 13.1. The van der Waals surface area contributed by atoms with Crippen molar-refractivity contribution in [2.75, 3.05) is 34.5 Å². The van der Waals surface area contributed by atoms with Crippen LogP contribution in [0.5, 0.6) is 0 Å². The van der Waals surface area contributed by atoms with E-state index >= 15 is 0 Å². The van der Waals surface area contributed by atoms with E-state index < -0.39 is 0 Å². The van der Waals surface area contributed by atoms with Gasteiger partial charge in [0, 0.05) is 23.0 Å². The van der Waals surface area contributed by atoms with Crippen molar-refractivity contribution in [2.24, 2.45) is 0 Å². The highest BCUT2D eigenvalue weighted by molar-refractivity contribution is 8.04. The van der Waals surface area contributed by atoms with Gasteiger partial charge in [-0.1, -0.05) is 6.92 Å². The molecule has 0 saturated heterocycles. The van der Waals surface area contributed by atoms with Crippen LogP contribution in [0.1, 0.15) is 6.42 Å². The third kappa shape index (κ3) is 11.1.